The SMILES string of the molecule is Brc1c2c(c(Br)c3c1CC3)CC2. The highest BCUT2D eigenvalue weighted by Crippen LogP contribution is 2.45. The van der Waals surface area contributed by atoms with Crippen molar-refractivity contribution in [1.29, 1.82) is 0 Å². The Balaban J connectivity index is 2.39. The Kier molecular flexibility index (Phi) is 1.49. The Bertz CT molecular complexity index is 283. The van der Waals surface area contributed by atoms with Gasteiger partial charge in [-0.25, -0.2) is 0 Å². The molecule has 0 bridgehead atoms. The third-order valence-electron chi connectivity index (χ3n) is 3.04. The molecule has 0 nitrogen and oxygen atoms in total. The molecule has 0 atom stereocenters. The Morgan fingerprint density at radius 1 is 0.583 bits per heavy atom. The van der Waals surface area contributed by atoms with Gasteiger partial charge in [0.2, 0.25) is 0 Å². The zero-order chi connectivity index (χ0) is 8.29. The molecule has 0 unspecified atom stereocenters. The maximum atomic E-state index is 3.70. The van der Waals surface area contributed by atoms with Crippen LogP contribution < -0.4 is 0 Å². The molecule has 0 fully saturated rings. The van der Waals surface area contributed by atoms with E-state index in [9.17, 15) is 0 Å². The summed E-state index contributed by atoms with van der Waals surface area (Å²) in [6.45, 7) is 0. The maximum Gasteiger partial charge on any atom is 0.0245 e. The Morgan fingerprint density at radius 2 is 0.833 bits per heavy atom. The van der Waals surface area contributed by atoms with Crippen molar-refractivity contribution in [2.75, 3.05) is 0 Å². The summed E-state index contributed by atoms with van der Waals surface area (Å²) in [4.78, 5) is 0. The highest BCUT2D eigenvalue weighted by atomic mass is 79.9. The van der Waals surface area contributed by atoms with Crippen LogP contribution >= 0.6 is 31.9 Å². The van der Waals surface area contributed by atoms with Gasteiger partial charge >= 0.3 is 0 Å². The standard InChI is InChI=1S/C10H8Br2/c11-9-5-1-2-6(5)10(12)8-4-3-7(8)9/h1-4H2. The van der Waals surface area contributed by atoms with Crippen LogP contribution in [0.3, 0.4) is 0 Å². The normalized spacial score (nSPS) is 17.5. The van der Waals surface area contributed by atoms with Crippen molar-refractivity contribution in [3.8, 4) is 0 Å². The molecule has 12 heavy (non-hydrogen) atoms. The van der Waals surface area contributed by atoms with E-state index in [-0.39, 0.29) is 0 Å². The van der Waals surface area contributed by atoms with Crippen molar-refractivity contribution in [3.63, 3.8) is 0 Å². The fraction of sp³-hybridized carbons (Fsp3) is 0.400. The largest absolute Gasteiger partial charge is 0.0502 e. The van der Waals surface area contributed by atoms with Crippen molar-refractivity contribution in [2.24, 2.45) is 0 Å². The molecule has 0 aromatic heterocycles. The third kappa shape index (κ3) is 0.734. The minimum atomic E-state index is 1.27. The molecule has 0 radical (unpaired) electrons. The fourth-order valence-electron chi connectivity index (χ4n) is 2.08. The van der Waals surface area contributed by atoms with Gasteiger partial charge in [0.15, 0.2) is 0 Å². The average Bonchev–Trinajstić information content (AvgIpc) is 1.78. The molecule has 0 heterocycles. The monoisotopic (exact) mass is 286 g/mol. The van der Waals surface area contributed by atoms with Gasteiger partial charge in [0.25, 0.3) is 0 Å². The lowest BCUT2D eigenvalue weighted by Gasteiger charge is -2.32. The number of hydrogen-bond donors (Lipinski definition) is 0. The molecule has 0 saturated carbocycles. The molecular weight excluding hydrogens is 280 g/mol. The van der Waals surface area contributed by atoms with E-state index in [1.54, 1.807) is 22.3 Å². The van der Waals surface area contributed by atoms with Gasteiger partial charge in [-0.05, 0) is 47.9 Å². The van der Waals surface area contributed by atoms with E-state index < -0.39 is 0 Å². The van der Waals surface area contributed by atoms with Crippen molar-refractivity contribution < 1.29 is 0 Å². The molecule has 1 aromatic rings. The van der Waals surface area contributed by atoms with Crippen molar-refractivity contribution in [3.05, 3.63) is 31.2 Å². The topological polar surface area (TPSA) is 0 Å². The first-order chi connectivity index (χ1) is 5.79. The summed E-state index contributed by atoms with van der Waals surface area (Å²) in [5.74, 6) is 0. The number of hydrogen-bond acceptors (Lipinski definition) is 0. The molecule has 0 N–H and O–H groups in total. The third-order valence-corrected chi connectivity index (χ3v) is 4.95. The van der Waals surface area contributed by atoms with Crippen LogP contribution in [0.1, 0.15) is 22.3 Å². The van der Waals surface area contributed by atoms with Crippen LogP contribution in [0.25, 0.3) is 0 Å². The summed E-state index contributed by atoms with van der Waals surface area (Å²) in [6, 6.07) is 0. The zero-order valence-corrected chi connectivity index (χ0v) is 9.76. The van der Waals surface area contributed by atoms with Gasteiger partial charge < -0.3 is 0 Å². The van der Waals surface area contributed by atoms with Gasteiger partial charge in [-0.2, -0.15) is 0 Å². The molecule has 3 rings (SSSR count). The zero-order valence-electron chi connectivity index (χ0n) is 6.58. The van der Waals surface area contributed by atoms with Gasteiger partial charge in [-0.3, -0.25) is 0 Å². The predicted octanol–water partition coefficient (Wildman–Crippen LogP) is 3.41. The highest BCUT2D eigenvalue weighted by Gasteiger charge is 2.29. The van der Waals surface area contributed by atoms with Gasteiger partial charge in [0.05, 0.1) is 0 Å². The fourth-order valence-corrected chi connectivity index (χ4v) is 3.83. The predicted molar refractivity (Wildman–Crippen MR) is 56.7 cm³/mol. The quantitative estimate of drug-likeness (QED) is 0.686. The summed E-state index contributed by atoms with van der Waals surface area (Å²) >= 11 is 7.39. The van der Waals surface area contributed by atoms with Crippen molar-refractivity contribution >= 4 is 31.9 Å². The molecular formula is C10H8Br2. The summed E-state index contributed by atoms with van der Waals surface area (Å²) in [5.41, 5.74) is 6.22. The van der Waals surface area contributed by atoms with Crippen LogP contribution in [0.4, 0.5) is 0 Å². The van der Waals surface area contributed by atoms with Crippen molar-refractivity contribution in [2.45, 2.75) is 25.7 Å². The van der Waals surface area contributed by atoms with E-state index in [4.69, 9.17) is 0 Å². The van der Waals surface area contributed by atoms with Crippen LogP contribution in [0.5, 0.6) is 0 Å². The minimum absolute atomic E-state index is 1.27. The molecule has 62 valence electrons. The first-order valence-electron chi connectivity index (χ1n) is 4.29. The number of fused-ring (bicyclic) bond motifs is 2. The summed E-state index contributed by atoms with van der Waals surface area (Å²) in [7, 11) is 0. The van der Waals surface area contributed by atoms with Crippen LogP contribution in [0, 0.1) is 0 Å². The van der Waals surface area contributed by atoms with Gasteiger partial charge in [-0.15, -0.1) is 0 Å². The first kappa shape index (κ1) is 7.57. The van der Waals surface area contributed by atoms with Crippen molar-refractivity contribution in [1.82, 2.24) is 0 Å². The minimum Gasteiger partial charge on any atom is -0.0502 e. The Morgan fingerprint density at radius 3 is 1.00 bits per heavy atom. The smallest absolute Gasteiger partial charge is 0.0245 e. The van der Waals surface area contributed by atoms with Crippen LogP contribution in [-0.4, -0.2) is 0 Å². The number of halogens is 2. The van der Waals surface area contributed by atoms with E-state index in [1.165, 1.54) is 34.6 Å². The number of benzene rings is 1. The highest BCUT2D eigenvalue weighted by molar-refractivity contribution is 9.11. The Hall–Kier alpha value is 0.180. The van der Waals surface area contributed by atoms with Crippen LogP contribution in [0.15, 0.2) is 8.95 Å². The van der Waals surface area contributed by atoms with Gasteiger partial charge in [0, 0.05) is 8.95 Å². The second-order valence-corrected chi connectivity index (χ2v) is 5.13. The van der Waals surface area contributed by atoms with Crippen LogP contribution in [0.2, 0.25) is 0 Å². The summed E-state index contributed by atoms with van der Waals surface area (Å²) in [6.07, 6.45) is 5.06. The molecule has 2 aliphatic rings. The second-order valence-electron chi connectivity index (χ2n) is 3.54. The molecule has 0 saturated heterocycles. The Labute approximate surface area is 88.6 Å². The lowest BCUT2D eigenvalue weighted by molar-refractivity contribution is 0.754. The average molecular weight is 288 g/mol. The summed E-state index contributed by atoms with van der Waals surface area (Å²) < 4.78 is 2.82. The number of rotatable bonds is 0. The molecule has 2 aliphatic carbocycles. The molecule has 0 amide bonds. The van der Waals surface area contributed by atoms with Gasteiger partial charge in [-0.1, -0.05) is 31.9 Å². The molecule has 0 aliphatic heterocycles. The lowest BCUT2D eigenvalue weighted by atomic mass is 9.78. The van der Waals surface area contributed by atoms with E-state index >= 15 is 0 Å². The maximum absolute atomic E-state index is 3.70. The van der Waals surface area contributed by atoms with Gasteiger partial charge in [0.1, 0.15) is 0 Å². The summed E-state index contributed by atoms with van der Waals surface area (Å²) in [5, 5.41) is 0. The second kappa shape index (κ2) is 2.36. The molecule has 1 aromatic carbocycles. The molecule has 0 spiro atoms. The first-order valence-corrected chi connectivity index (χ1v) is 5.88. The van der Waals surface area contributed by atoms with Crippen LogP contribution in [-0.2, 0) is 25.7 Å². The van der Waals surface area contributed by atoms with E-state index in [0.717, 1.165) is 0 Å². The molecule has 2 heteroatoms. The van der Waals surface area contributed by atoms with E-state index in [1.807, 2.05) is 0 Å². The van der Waals surface area contributed by atoms with E-state index in [2.05, 4.69) is 31.9 Å². The lowest BCUT2D eigenvalue weighted by Crippen LogP contribution is -2.20. The van der Waals surface area contributed by atoms with E-state index in [0.29, 0.717) is 0 Å².